The van der Waals surface area contributed by atoms with Crippen LogP contribution in [0.5, 0.6) is 46.0 Å². The fourth-order valence-corrected chi connectivity index (χ4v) is 15.1. The number of hydrogen-bond donors (Lipinski definition) is 7. The Morgan fingerprint density at radius 1 is 0.429 bits per heavy atom. The molecule has 0 saturated carbocycles. The standard InChI is InChI=1S/C23H24FN5O5.C21H23FN4O4.C20H22FN5O4.C17H16FN3O5S.C9H18N2O3.C3H3ClO/c1-5-19(30)26-16-10-34-11-17(16)27-23-25-9-12-6-15(22(31)29(2)21(12)28-23)14-7-13(32-3)8-18(33-4)20(14)24;1-11-9-30-10-16(11)24-21-23-8-12-5-15(20(27)26(2)19(12)25-21)14-6-13(28-3)7-17(29-4)18(14)22;1-26-18-10(7-23-20(25-18)24-15-9-30-8-14(15)22)4-13(19(26)27)12-5-11(28-2)6-16(29-3)17(12)21;1-21-15-9(8-19-17(20-15)27(4,23)24)5-12(16(21)22)11-6-10(25-2)7-13(26-3)14(11)18;1-9(2,3)14-8(12)11-7-5-13-4-6(7)10;1-2-3(4)5/h5-9,16-17H,1,10-11H2,2-4H3,(H,26,30)(H,25,27,28);5-8,11,16H,9-10H2,1-4H3,(H,23,24,25);4-7,14-15H,8-9,22H2,1-3H3,(H,23,24,25);5-8H,1-4H3;6-7H,4-5,10H2,1-3H3,(H,11,12);2H,1H2/t16-,17+;11-,16+;14-,15+;;6-,7+;/m000.1./s1. The molecule has 746 valence electrons. The highest BCUT2D eigenvalue weighted by Gasteiger charge is 2.34. The predicted octanol–water partition coefficient (Wildman–Crippen LogP) is 8.25. The van der Waals surface area contributed by atoms with Crippen LogP contribution in [0.4, 0.5) is 40.2 Å². The van der Waals surface area contributed by atoms with Crippen molar-refractivity contribution >= 4 is 101 Å². The van der Waals surface area contributed by atoms with Crippen LogP contribution in [0.2, 0.25) is 0 Å². The number of pyridine rings is 4. The van der Waals surface area contributed by atoms with Gasteiger partial charge in [0.05, 0.1) is 174 Å². The number of nitrogens with zero attached hydrogens (tertiary/aromatic N) is 12. The van der Waals surface area contributed by atoms with Crippen molar-refractivity contribution in [2.24, 2.45) is 45.6 Å². The minimum Gasteiger partial charge on any atom is -0.497 e. The topological polar surface area (TPSA) is 509 Å². The molecule has 12 aromatic rings. The number of rotatable bonds is 23. The van der Waals surface area contributed by atoms with Gasteiger partial charge >= 0.3 is 6.09 Å². The van der Waals surface area contributed by atoms with Crippen LogP contribution in [0.1, 0.15) is 27.7 Å². The van der Waals surface area contributed by atoms with Crippen LogP contribution < -0.4 is 98.2 Å². The molecule has 140 heavy (non-hydrogen) atoms. The first-order valence-electron chi connectivity index (χ1n) is 42.7. The lowest BCUT2D eigenvalue weighted by molar-refractivity contribution is -0.117. The number of nitrogens with one attached hydrogen (secondary N) is 5. The van der Waals surface area contributed by atoms with E-state index in [1.165, 1.54) is 157 Å². The summed E-state index contributed by atoms with van der Waals surface area (Å²) in [6.45, 7) is 17.9. The zero-order valence-electron chi connectivity index (χ0n) is 79.4. The van der Waals surface area contributed by atoms with Crippen molar-refractivity contribution in [3.63, 3.8) is 0 Å². The summed E-state index contributed by atoms with van der Waals surface area (Å²) < 4.78 is 156. The molecule has 0 spiro atoms. The summed E-state index contributed by atoms with van der Waals surface area (Å²) >= 11 is 4.71. The van der Waals surface area contributed by atoms with Gasteiger partial charge in [-0.2, -0.15) is 19.9 Å². The van der Waals surface area contributed by atoms with Crippen molar-refractivity contribution in [2.75, 3.05) is 132 Å². The Labute approximate surface area is 803 Å². The van der Waals surface area contributed by atoms with Crippen molar-refractivity contribution in [1.29, 1.82) is 0 Å². The molecule has 0 bridgehead atoms. The third kappa shape index (κ3) is 24.9. The Morgan fingerprint density at radius 2 is 0.729 bits per heavy atom. The summed E-state index contributed by atoms with van der Waals surface area (Å²) in [7, 11) is 13.6. The van der Waals surface area contributed by atoms with Crippen molar-refractivity contribution < 1.29 is 102 Å². The number of aryl methyl sites for hydroxylation is 4. The van der Waals surface area contributed by atoms with E-state index < -0.39 is 71.9 Å². The van der Waals surface area contributed by atoms with Crippen molar-refractivity contribution in [1.82, 2.24) is 68.8 Å². The second-order valence-corrected chi connectivity index (χ2v) is 35.1. The summed E-state index contributed by atoms with van der Waals surface area (Å²) in [4.78, 5) is 119. The third-order valence-electron chi connectivity index (χ3n) is 22.2. The van der Waals surface area contributed by atoms with E-state index in [2.05, 4.69) is 86.5 Å². The lowest BCUT2D eigenvalue weighted by Gasteiger charge is -2.22. The van der Waals surface area contributed by atoms with E-state index in [9.17, 15) is 55.2 Å². The number of amides is 2. The first-order valence-corrected chi connectivity index (χ1v) is 45.0. The first-order chi connectivity index (χ1) is 66.5. The van der Waals surface area contributed by atoms with Crippen LogP contribution in [-0.4, -0.2) is 248 Å². The molecule has 47 heteroatoms. The summed E-state index contributed by atoms with van der Waals surface area (Å²) in [5, 5.41) is 16.2. The molecule has 4 saturated heterocycles. The number of methoxy groups -OCH3 is 8. The number of fused-ring (bicyclic) bond motifs is 4. The molecule has 12 heterocycles. The zero-order valence-corrected chi connectivity index (χ0v) is 81.0. The van der Waals surface area contributed by atoms with E-state index in [-0.39, 0.29) is 133 Å². The third-order valence-corrected chi connectivity index (χ3v) is 23.2. The van der Waals surface area contributed by atoms with Gasteiger partial charge in [-0.25, -0.2) is 50.7 Å². The van der Waals surface area contributed by atoms with E-state index >= 15 is 4.39 Å². The van der Waals surface area contributed by atoms with Gasteiger partial charge in [0, 0.05) is 133 Å². The minimum atomic E-state index is -3.64. The van der Waals surface area contributed by atoms with Crippen molar-refractivity contribution in [3.8, 4) is 90.5 Å². The number of alkyl carbamates (subject to hydrolysis) is 1. The summed E-state index contributed by atoms with van der Waals surface area (Å²) in [5.41, 5.74) is 11.4. The molecule has 8 atom stereocenters. The van der Waals surface area contributed by atoms with Gasteiger partial charge in [-0.15, -0.1) is 0 Å². The number of allylic oxidation sites excluding steroid dienone is 1. The maximum atomic E-state index is 15.0. The number of aromatic nitrogens is 12. The van der Waals surface area contributed by atoms with Crippen LogP contribution >= 0.6 is 11.6 Å². The molecule has 4 aliphatic heterocycles. The smallest absolute Gasteiger partial charge is 0.408 e. The fourth-order valence-electron chi connectivity index (χ4n) is 14.6. The van der Waals surface area contributed by atoms with Crippen LogP contribution in [0.15, 0.2) is 147 Å². The van der Waals surface area contributed by atoms with Crippen molar-refractivity contribution in [3.05, 3.63) is 188 Å². The summed E-state index contributed by atoms with van der Waals surface area (Å²) in [5.74, 6) is -0.344. The van der Waals surface area contributed by atoms with Gasteiger partial charge in [-0.3, -0.25) is 47.0 Å². The van der Waals surface area contributed by atoms with Gasteiger partial charge in [0.2, 0.25) is 44.0 Å². The number of ether oxygens (including phenoxy) is 13. The maximum absolute atomic E-state index is 15.0. The average Bonchev–Trinajstić information content (AvgIpc) is 0.840. The quantitative estimate of drug-likeness (QED) is 0.0137. The lowest BCUT2D eigenvalue weighted by Crippen LogP contribution is -2.48. The first kappa shape index (κ1) is 106. The number of benzene rings is 4. The van der Waals surface area contributed by atoms with Crippen LogP contribution in [0, 0.1) is 29.2 Å². The largest absolute Gasteiger partial charge is 0.497 e. The number of carbonyl (C=O) groups excluding carboxylic acids is 3. The maximum Gasteiger partial charge on any atom is 0.408 e. The Balaban J connectivity index is 0.000000168. The molecule has 4 aliphatic rings. The highest BCUT2D eigenvalue weighted by Crippen LogP contribution is 2.39. The molecular weight excluding hydrogens is 1880 g/mol. The molecule has 0 aliphatic carbocycles. The zero-order chi connectivity index (χ0) is 102. The van der Waals surface area contributed by atoms with E-state index in [4.69, 9.17) is 84.6 Å². The van der Waals surface area contributed by atoms with E-state index in [0.29, 0.717) is 132 Å². The second kappa shape index (κ2) is 46.3. The van der Waals surface area contributed by atoms with Gasteiger partial charge in [-0.05, 0) is 93.1 Å². The lowest BCUT2D eigenvalue weighted by atomic mass is 10.0. The highest BCUT2D eigenvalue weighted by atomic mass is 35.5. The molecule has 8 aromatic heterocycles. The van der Waals surface area contributed by atoms with Gasteiger partial charge < -0.3 is 99.6 Å². The number of anilines is 3. The van der Waals surface area contributed by atoms with Crippen LogP contribution in [0.3, 0.4) is 0 Å². The molecule has 2 amide bonds. The number of hydrogen-bond acceptors (Lipinski definition) is 35. The molecule has 41 nitrogen and oxygen atoms in total. The Bertz CT molecular complexity index is 6880. The Hall–Kier alpha value is -14.6. The highest BCUT2D eigenvalue weighted by molar-refractivity contribution is 7.90. The van der Waals surface area contributed by atoms with Gasteiger partial charge in [0.1, 0.15) is 51.2 Å². The molecule has 0 radical (unpaired) electrons. The van der Waals surface area contributed by atoms with E-state index in [0.717, 1.165) is 16.9 Å². The molecule has 0 unspecified atom stereocenters. The molecular formula is C93H106ClF4N19O22S. The number of nitrogens with two attached hydrogens (primary N) is 2. The Morgan fingerprint density at radius 3 is 1.03 bits per heavy atom. The number of carbonyl (C=O) groups is 3. The monoisotopic (exact) mass is 1980 g/mol. The molecule has 4 aromatic carbocycles. The fraction of sp³-hybridized carbons (Fsp3) is 0.366. The molecule has 4 fully saturated rings. The average molecular weight is 1990 g/mol. The Kier molecular flexibility index (Phi) is 35.0. The molecule has 16 rings (SSSR count). The molecule has 9 N–H and O–H groups in total. The van der Waals surface area contributed by atoms with Crippen LogP contribution in [0.25, 0.3) is 88.6 Å². The van der Waals surface area contributed by atoms with Gasteiger partial charge in [-0.1, -0.05) is 20.1 Å². The predicted molar refractivity (Wildman–Crippen MR) is 513 cm³/mol. The minimum absolute atomic E-state index is 0.00444. The summed E-state index contributed by atoms with van der Waals surface area (Å²) in [6, 6.07) is 16.4. The van der Waals surface area contributed by atoms with E-state index in [1.807, 2.05) is 20.8 Å². The van der Waals surface area contributed by atoms with Gasteiger partial charge in [0.25, 0.3) is 22.2 Å². The number of sulfone groups is 1. The second-order valence-electron chi connectivity index (χ2n) is 32.9. The normalized spacial score (nSPS) is 17.4. The van der Waals surface area contributed by atoms with Gasteiger partial charge in [0.15, 0.2) is 46.3 Å². The number of halogens is 5. The van der Waals surface area contributed by atoms with E-state index in [1.54, 1.807) is 45.7 Å². The van der Waals surface area contributed by atoms with Crippen LogP contribution in [-0.2, 0) is 71.3 Å². The van der Waals surface area contributed by atoms with Crippen molar-refractivity contribution in [2.45, 2.75) is 80.7 Å². The SMILES string of the molecule is C=CC(=O)Cl.C=CC(=O)N[C@H]1COC[C@H]1Nc1ncc2cc(-c3cc(OC)cc(OC)c3F)c(=O)n(C)c2n1.CC(C)(C)OC(=O)N[C@H]1COC[C@H]1N.COc1cc(OC)c(F)c(-c2cc3cnc(N[C@@H]4COC[C@@H]4C)nc3n(C)c2=O)c1.COc1cc(OC)c(F)c(-c2cc3cnc(N[C@@H]4COC[C@@H]4N)nc3n(C)c2=O)c1.COc1cc(OC)c(F)c(-c2cc3cnc(S(C)(=O)=O)nc3n(C)c2=O)c1. The summed E-state index contributed by atoms with van der Waals surface area (Å²) in [6.07, 6.45) is 8.76.